The summed E-state index contributed by atoms with van der Waals surface area (Å²) in [5, 5.41) is 13.4. The molecule has 0 radical (unpaired) electrons. The highest BCUT2D eigenvalue weighted by molar-refractivity contribution is 6.07. The first-order valence-corrected chi connectivity index (χ1v) is 12.5. The summed E-state index contributed by atoms with van der Waals surface area (Å²) in [4.78, 5) is 30.2. The molecule has 0 aliphatic carbocycles. The lowest BCUT2D eigenvalue weighted by Gasteiger charge is -2.40. The SMILES string of the molecule is CC[C@@]1(C2CCN(Cc3ccc(OC)cc3O)CC2)NC(=O)N(C[C@H]2COc3ccccc3O2)C1=O. The molecule has 9 nitrogen and oxygen atoms in total. The molecule has 2 aromatic carbocycles. The molecule has 0 spiro atoms. The van der Waals surface area contributed by atoms with E-state index in [4.69, 9.17) is 14.2 Å². The largest absolute Gasteiger partial charge is 0.507 e. The van der Waals surface area contributed by atoms with Crippen molar-refractivity contribution in [2.75, 3.05) is 33.4 Å². The molecule has 3 heterocycles. The molecule has 0 aromatic heterocycles. The molecule has 0 bridgehead atoms. The summed E-state index contributed by atoms with van der Waals surface area (Å²) in [6.45, 7) is 4.56. The van der Waals surface area contributed by atoms with E-state index in [-0.39, 0.29) is 36.8 Å². The van der Waals surface area contributed by atoms with E-state index in [0.29, 0.717) is 30.2 Å². The summed E-state index contributed by atoms with van der Waals surface area (Å²) < 4.78 is 16.9. The summed E-state index contributed by atoms with van der Waals surface area (Å²) >= 11 is 0. The van der Waals surface area contributed by atoms with Gasteiger partial charge in [-0.05, 0) is 56.5 Å². The van der Waals surface area contributed by atoms with Crippen LogP contribution in [0, 0.1) is 5.92 Å². The highest BCUT2D eigenvalue weighted by Gasteiger charge is 2.55. The van der Waals surface area contributed by atoms with Gasteiger partial charge in [-0.3, -0.25) is 14.6 Å². The molecule has 0 unspecified atom stereocenters. The Morgan fingerprint density at radius 1 is 1.14 bits per heavy atom. The predicted octanol–water partition coefficient (Wildman–Crippen LogP) is 3.15. The molecule has 2 saturated heterocycles. The highest BCUT2D eigenvalue weighted by Crippen LogP contribution is 2.38. The number of hydrogen-bond acceptors (Lipinski definition) is 7. The molecular weight excluding hydrogens is 462 g/mol. The van der Waals surface area contributed by atoms with Crippen molar-refractivity contribution in [3.8, 4) is 23.0 Å². The van der Waals surface area contributed by atoms with Crippen molar-refractivity contribution in [1.82, 2.24) is 15.1 Å². The van der Waals surface area contributed by atoms with Gasteiger partial charge in [0.2, 0.25) is 0 Å². The van der Waals surface area contributed by atoms with Crippen LogP contribution in [0.5, 0.6) is 23.0 Å². The number of carbonyl (C=O) groups excluding carboxylic acids is 2. The third-order valence-corrected chi connectivity index (χ3v) is 7.68. The fourth-order valence-corrected chi connectivity index (χ4v) is 5.60. The number of piperidine rings is 1. The quantitative estimate of drug-likeness (QED) is 0.569. The van der Waals surface area contributed by atoms with Gasteiger partial charge in [-0.1, -0.05) is 25.1 Å². The Morgan fingerprint density at radius 3 is 2.58 bits per heavy atom. The normalized spacial score (nSPS) is 24.6. The van der Waals surface area contributed by atoms with Crippen molar-refractivity contribution in [3.05, 3.63) is 48.0 Å². The van der Waals surface area contributed by atoms with Crippen molar-refractivity contribution in [2.24, 2.45) is 5.92 Å². The lowest BCUT2D eigenvalue weighted by molar-refractivity contribution is -0.135. The second-order valence-electron chi connectivity index (χ2n) is 9.71. The van der Waals surface area contributed by atoms with Crippen molar-refractivity contribution >= 4 is 11.9 Å². The number of para-hydroxylation sites is 2. The second kappa shape index (κ2) is 9.89. The van der Waals surface area contributed by atoms with Crippen molar-refractivity contribution in [2.45, 2.75) is 44.4 Å². The average Bonchev–Trinajstić information content (AvgIpc) is 3.15. The van der Waals surface area contributed by atoms with Gasteiger partial charge < -0.3 is 24.6 Å². The van der Waals surface area contributed by atoms with Crippen LogP contribution in [0.3, 0.4) is 0 Å². The van der Waals surface area contributed by atoms with Crippen LogP contribution in [0.25, 0.3) is 0 Å². The van der Waals surface area contributed by atoms with Crippen molar-refractivity contribution in [1.29, 1.82) is 0 Å². The number of benzene rings is 2. The van der Waals surface area contributed by atoms with Crippen LogP contribution in [0.15, 0.2) is 42.5 Å². The molecule has 36 heavy (non-hydrogen) atoms. The van der Waals surface area contributed by atoms with Gasteiger partial charge in [0.15, 0.2) is 17.6 Å². The fourth-order valence-electron chi connectivity index (χ4n) is 5.60. The number of phenols is 1. The molecule has 192 valence electrons. The van der Waals surface area contributed by atoms with E-state index in [1.807, 2.05) is 43.3 Å². The first kappa shape index (κ1) is 24.2. The average molecular weight is 496 g/mol. The number of aromatic hydroxyl groups is 1. The predicted molar refractivity (Wildman–Crippen MR) is 132 cm³/mol. The molecule has 3 aliphatic heterocycles. The Kier molecular flexibility index (Phi) is 6.66. The third-order valence-electron chi connectivity index (χ3n) is 7.68. The maximum Gasteiger partial charge on any atom is 0.325 e. The summed E-state index contributed by atoms with van der Waals surface area (Å²) in [5.41, 5.74) is -0.0640. The summed E-state index contributed by atoms with van der Waals surface area (Å²) in [5.74, 6) is 1.99. The summed E-state index contributed by atoms with van der Waals surface area (Å²) in [6.07, 6.45) is 1.67. The topological polar surface area (TPSA) is 101 Å². The third kappa shape index (κ3) is 4.43. The number of likely N-dealkylation sites (tertiary alicyclic amines) is 1. The Balaban J connectivity index is 1.21. The minimum absolute atomic E-state index is 0.0360. The number of fused-ring (bicyclic) bond motifs is 1. The van der Waals surface area contributed by atoms with Gasteiger partial charge in [-0.2, -0.15) is 0 Å². The summed E-state index contributed by atoms with van der Waals surface area (Å²) in [6, 6.07) is 12.4. The van der Waals surface area contributed by atoms with Gasteiger partial charge in [0, 0.05) is 18.2 Å². The van der Waals surface area contributed by atoms with E-state index < -0.39 is 11.6 Å². The van der Waals surface area contributed by atoms with Crippen LogP contribution in [0.4, 0.5) is 4.79 Å². The smallest absolute Gasteiger partial charge is 0.325 e. The Labute approximate surface area is 210 Å². The zero-order chi connectivity index (χ0) is 25.3. The molecule has 2 fully saturated rings. The Hall–Kier alpha value is -3.46. The van der Waals surface area contributed by atoms with Crippen LogP contribution >= 0.6 is 0 Å². The number of carbonyl (C=O) groups is 2. The van der Waals surface area contributed by atoms with E-state index in [1.54, 1.807) is 13.2 Å². The highest BCUT2D eigenvalue weighted by atomic mass is 16.6. The molecule has 3 amide bonds. The van der Waals surface area contributed by atoms with Gasteiger partial charge in [-0.25, -0.2) is 4.79 Å². The lowest BCUT2D eigenvalue weighted by atomic mass is 9.75. The number of imide groups is 1. The van der Waals surface area contributed by atoms with Gasteiger partial charge in [0.25, 0.3) is 5.91 Å². The van der Waals surface area contributed by atoms with Crippen LogP contribution in [-0.2, 0) is 11.3 Å². The van der Waals surface area contributed by atoms with Crippen molar-refractivity contribution < 1.29 is 28.9 Å². The molecule has 2 N–H and O–H groups in total. The number of methoxy groups -OCH3 is 1. The number of ether oxygens (including phenoxy) is 3. The minimum atomic E-state index is -0.904. The monoisotopic (exact) mass is 495 g/mol. The van der Waals surface area contributed by atoms with E-state index >= 15 is 0 Å². The van der Waals surface area contributed by atoms with Crippen LogP contribution in [0.2, 0.25) is 0 Å². The number of nitrogens with zero attached hydrogens (tertiary/aromatic N) is 2. The van der Waals surface area contributed by atoms with Gasteiger partial charge in [-0.15, -0.1) is 0 Å². The molecular formula is C27H33N3O6. The molecule has 2 atom stereocenters. The lowest BCUT2D eigenvalue weighted by Crippen LogP contribution is -2.56. The maximum atomic E-state index is 13.7. The summed E-state index contributed by atoms with van der Waals surface area (Å²) in [7, 11) is 1.57. The van der Waals surface area contributed by atoms with Crippen LogP contribution in [-0.4, -0.2) is 71.8 Å². The number of nitrogens with one attached hydrogen (secondary N) is 1. The number of urea groups is 1. The molecule has 0 saturated carbocycles. The molecule has 5 rings (SSSR count). The Morgan fingerprint density at radius 2 is 1.89 bits per heavy atom. The maximum absolute atomic E-state index is 13.7. The Bertz CT molecular complexity index is 1130. The van der Waals surface area contributed by atoms with Crippen LogP contribution < -0.4 is 19.5 Å². The van der Waals surface area contributed by atoms with E-state index in [9.17, 15) is 14.7 Å². The zero-order valence-corrected chi connectivity index (χ0v) is 20.7. The van der Waals surface area contributed by atoms with Gasteiger partial charge >= 0.3 is 6.03 Å². The van der Waals surface area contributed by atoms with E-state index in [2.05, 4.69) is 10.2 Å². The van der Waals surface area contributed by atoms with Crippen molar-refractivity contribution in [3.63, 3.8) is 0 Å². The minimum Gasteiger partial charge on any atom is -0.507 e. The number of rotatable bonds is 7. The molecule has 9 heteroatoms. The zero-order valence-electron chi connectivity index (χ0n) is 20.7. The first-order chi connectivity index (χ1) is 17.4. The number of phenolic OH excluding ortho intramolecular Hbond substituents is 1. The standard InChI is InChI=1S/C27H33N3O6/c1-3-27(19-10-12-29(13-11-19)15-18-8-9-20(34-2)14-22(18)31)25(32)30(26(33)28-27)16-21-17-35-23-6-4-5-7-24(23)36-21/h4-9,14,19,21,31H,3,10-13,15-17H2,1-2H3,(H,28,33)/t21-,27-/m0/s1. The molecule has 3 aliphatic rings. The van der Waals surface area contributed by atoms with E-state index in [0.717, 1.165) is 31.5 Å². The van der Waals surface area contributed by atoms with E-state index in [1.165, 1.54) is 4.90 Å². The van der Waals surface area contributed by atoms with Gasteiger partial charge in [0.05, 0.1) is 13.7 Å². The fraction of sp³-hybridized carbons (Fsp3) is 0.481. The van der Waals surface area contributed by atoms with Gasteiger partial charge in [0.1, 0.15) is 23.6 Å². The first-order valence-electron chi connectivity index (χ1n) is 12.5. The molecule has 2 aromatic rings. The van der Waals surface area contributed by atoms with Crippen LogP contribution in [0.1, 0.15) is 31.7 Å². The number of amides is 3. The number of hydrogen-bond donors (Lipinski definition) is 2. The second-order valence-corrected chi connectivity index (χ2v) is 9.71.